The molecule has 0 saturated carbocycles. The highest BCUT2D eigenvalue weighted by atomic mass is 79.9. The van der Waals surface area contributed by atoms with Gasteiger partial charge in [0, 0.05) is 10.9 Å². The number of benzene rings is 1. The first-order chi connectivity index (χ1) is 9.25. The van der Waals surface area contributed by atoms with Crippen molar-refractivity contribution in [2.45, 2.75) is 36.8 Å². The molecule has 1 N–H and O–H groups in total. The predicted molar refractivity (Wildman–Crippen MR) is 72.3 cm³/mol. The Morgan fingerprint density at radius 2 is 2.15 bits per heavy atom. The zero-order valence-electron chi connectivity index (χ0n) is 10.6. The molecule has 1 aromatic rings. The summed E-state index contributed by atoms with van der Waals surface area (Å²) in [4.78, 5) is 12.2. The van der Waals surface area contributed by atoms with Gasteiger partial charge in [0.25, 0.3) is 0 Å². The van der Waals surface area contributed by atoms with Gasteiger partial charge in [0.2, 0.25) is 0 Å². The van der Waals surface area contributed by atoms with E-state index in [9.17, 15) is 23.1 Å². The van der Waals surface area contributed by atoms with E-state index in [1.54, 1.807) is 0 Å². The third kappa shape index (κ3) is 2.63. The fourth-order valence-electron chi connectivity index (χ4n) is 2.48. The van der Waals surface area contributed by atoms with Crippen LogP contribution in [0.3, 0.4) is 0 Å². The van der Waals surface area contributed by atoms with E-state index in [2.05, 4.69) is 15.9 Å². The summed E-state index contributed by atoms with van der Waals surface area (Å²) in [6, 6.07) is 2.95. The van der Waals surface area contributed by atoms with Gasteiger partial charge in [0.15, 0.2) is 0 Å². The molecule has 7 heteroatoms. The monoisotopic (exact) mass is 351 g/mol. The lowest BCUT2D eigenvalue weighted by molar-refractivity contribution is -0.137. The van der Waals surface area contributed by atoms with Crippen LogP contribution in [0.5, 0.6) is 0 Å². The molecule has 1 aliphatic heterocycles. The fraction of sp³-hybridized carbons (Fsp3) is 0.462. The van der Waals surface area contributed by atoms with Gasteiger partial charge in [-0.15, -0.1) is 0 Å². The van der Waals surface area contributed by atoms with Crippen molar-refractivity contribution in [3.63, 3.8) is 0 Å². The molecule has 110 valence electrons. The highest BCUT2D eigenvalue weighted by molar-refractivity contribution is 9.09. The molecule has 1 aromatic carbocycles. The number of carboxylic acid groups (broad SMARTS) is 1. The molecule has 0 bridgehead atoms. The van der Waals surface area contributed by atoms with Gasteiger partial charge in [-0.2, -0.15) is 13.2 Å². The van der Waals surface area contributed by atoms with Crippen molar-refractivity contribution in [3.05, 3.63) is 29.3 Å². The minimum absolute atomic E-state index is 0.235. The topological polar surface area (TPSA) is 40.5 Å². The molecule has 1 aliphatic rings. The van der Waals surface area contributed by atoms with E-state index in [1.807, 2.05) is 6.92 Å². The van der Waals surface area contributed by atoms with E-state index >= 15 is 0 Å². The van der Waals surface area contributed by atoms with Crippen LogP contribution in [0.25, 0.3) is 0 Å². The van der Waals surface area contributed by atoms with Crippen LogP contribution in [0.15, 0.2) is 18.2 Å². The van der Waals surface area contributed by atoms with Gasteiger partial charge in [-0.05, 0) is 36.6 Å². The van der Waals surface area contributed by atoms with Crippen molar-refractivity contribution >= 4 is 27.7 Å². The van der Waals surface area contributed by atoms with Crippen LogP contribution < -0.4 is 4.90 Å². The number of alkyl halides is 4. The normalized spacial score (nSPS) is 22.6. The number of nitrogens with zero attached hydrogens (tertiary/aromatic N) is 1. The Balaban J connectivity index is 2.54. The first kappa shape index (κ1) is 15.2. The molecule has 20 heavy (non-hydrogen) atoms. The van der Waals surface area contributed by atoms with E-state index < -0.39 is 17.8 Å². The van der Waals surface area contributed by atoms with Gasteiger partial charge in [0.05, 0.1) is 11.3 Å². The summed E-state index contributed by atoms with van der Waals surface area (Å²) in [7, 11) is 0. The summed E-state index contributed by atoms with van der Waals surface area (Å²) < 4.78 is 38.2. The zero-order chi connectivity index (χ0) is 15.1. The Labute approximate surface area is 122 Å². The first-order valence-electron chi connectivity index (χ1n) is 6.13. The molecule has 2 atom stereocenters. The lowest BCUT2D eigenvalue weighted by Gasteiger charge is -2.37. The van der Waals surface area contributed by atoms with Crippen LogP contribution in [0.2, 0.25) is 0 Å². The van der Waals surface area contributed by atoms with Crippen molar-refractivity contribution in [1.82, 2.24) is 0 Å². The first-order valence-corrected chi connectivity index (χ1v) is 7.04. The van der Waals surface area contributed by atoms with E-state index in [1.165, 1.54) is 6.07 Å². The van der Waals surface area contributed by atoms with Gasteiger partial charge in [-0.1, -0.05) is 22.9 Å². The van der Waals surface area contributed by atoms with Crippen LogP contribution >= 0.6 is 15.9 Å². The molecule has 0 aromatic heterocycles. The van der Waals surface area contributed by atoms with Gasteiger partial charge >= 0.3 is 12.3 Å². The molecule has 2 unspecified atom stereocenters. The average molecular weight is 352 g/mol. The smallest absolute Gasteiger partial charge is 0.416 e. The standard InChI is InChI=1S/C13H13BrF3NO2/c1-2-8-6-10(14)9-5-7(13(15,16)17)3-4-11(9)18(8)12(19)20/h3-5,8,10H,2,6H2,1H3,(H,19,20). The van der Waals surface area contributed by atoms with Crippen LogP contribution in [-0.4, -0.2) is 17.2 Å². The molecular formula is C13H13BrF3NO2. The highest BCUT2D eigenvalue weighted by Crippen LogP contribution is 2.44. The maximum atomic E-state index is 12.7. The van der Waals surface area contributed by atoms with E-state index in [-0.39, 0.29) is 10.9 Å². The highest BCUT2D eigenvalue weighted by Gasteiger charge is 2.37. The molecule has 3 nitrogen and oxygen atoms in total. The Bertz CT molecular complexity index is 533. The molecule has 0 radical (unpaired) electrons. The van der Waals surface area contributed by atoms with Gasteiger partial charge in [0.1, 0.15) is 0 Å². The zero-order valence-corrected chi connectivity index (χ0v) is 12.2. The SMILES string of the molecule is CCC1CC(Br)c2cc(C(F)(F)F)ccc2N1C(=O)O. The van der Waals surface area contributed by atoms with Crippen molar-refractivity contribution in [3.8, 4) is 0 Å². The Morgan fingerprint density at radius 1 is 1.50 bits per heavy atom. The number of rotatable bonds is 1. The molecule has 1 amide bonds. The second-order valence-electron chi connectivity index (χ2n) is 4.69. The largest absolute Gasteiger partial charge is 0.465 e. The second-order valence-corrected chi connectivity index (χ2v) is 5.79. The minimum atomic E-state index is -4.43. The molecule has 0 aliphatic carbocycles. The number of amides is 1. The van der Waals surface area contributed by atoms with E-state index in [4.69, 9.17) is 0 Å². The Kier molecular flexibility index (Phi) is 4.00. The van der Waals surface area contributed by atoms with Crippen LogP contribution in [0, 0.1) is 0 Å². The molecule has 0 saturated heterocycles. The van der Waals surface area contributed by atoms with Crippen LogP contribution in [-0.2, 0) is 6.18 Å². The summed E-state index contributed by atoms with van der Waals surface area (Å²) in [5.74, 6) is 0. The predicted octanol–water partition coefficient (Wildman–Crippen LogP) is 4.81. The molecule has 1 heterocycles. The summed E-state index contributed by atoms with van der Waals surface area (Å²) in [6.45, 7) is 1.86. The number of carbonyl (C=O) groups is 1. The quantitative estimate of drug-likeness (QED) is 0.737. The van der Waals surface area contributed by atoms with Crippen molar-refractivity contribution in [1.29, 1.82) is 0 Å². The van der Waals surface area contributed by atoms with Gasteiger partial charge in [-0.25, -0.2) is 4.79 Å². The number of hydrogen-bond donors (Lipinski definition) is 1. The molecular weight excluding hydrogens is 339 g/mol. The second kappa shape index (κ2) is 5.27. The van der Waals surface area contributed by atoms with Gasteiger partial charge < -0.3 is 5.11 Å². The van der Waals surface area contributed by atoms with Gasteiger partial charge in [-0.3, -0.25) is 4.90 Å². The third-order valence-electron chi connectivity index (χ3n) is 3.47. The minimum Gasteiger partial charge on any atom is -0.465 e. The third-order valence-corrected chi connectivity index (χ3v) is 4.34. The van der Waals surface area contributed by atoms with Crippen LogP contribution in [0.4, 0.5) is 23.7 Å². The summed E-state index contributed by atoms with van der Waals surface area (Å²) in [5.41, 5.74) is -0.0709. The van der Waals surface area contributed by atoms with E-state index in [0.717, 1.165) is 17.0 Å². The number of fused-ring (bicyclic) bond motifs is 1. The lowest BCUT2D eigenvalue weighted by atomic mass is 9.93. The fourth-order valence-corrected chi connectivity index (χ4v) is 3.28. The molecule has 2 rings (SSSR count). The number of anilines is 1. The number of hydrogen-bond acceptors (Lipinski definition) is 1. The van der Waals surface area contributed by atoms with Crippen molar-refractivity contribution in [2.24, 2.45) is 0 Å². The van der Waals surface area contributed by atoms with Crippen molar-refractivity contribution in [2.75, 3.05) is 4.90 Å². The number of halogens is 4. The summed E-state index contributed by atoms with van der Waals surface area (Å²) >= 11 is 3.36. The summed E-state index contributed by atoms with van der Waals surface area (Å²) in [5, 5.41) is 9.29. The maximum absolute atomic E-state index is 12.7. The maximum Gasteiger partial charge on any atom is 0.416 e. The Morgan fingerprint density at radius 3 is 2.65 bits per heavy atom. The van der Waals surface area contributed by atoms with Crippen molar-refractivity contribution < 1.29 is 23.1 Å². The molecule has 0 spiro atoms. The molecule has 0 fully saturated rings. The average Bonchev–Trinajstić information content (AvgIpc) is 2.36. The Hall–Kier alpha value is -1.24. The van der Waals surface area contributed by atoms with Crippen LogP contribution in [0.1, 0.15) is 35.7 Å². The summed E-state index contributed by atoms with van der Waals surface area (Å²) in [6.07, 6.45) is -4.51. The lowest BCUT2D eigenvalue weighted by Crippen LogP contribution is -2.43. The van der Waals surface area contributed by atoms with E-state index in [0.29, 0.717) is 24.1 Å².